The molecule has 0 heterocycles. The number of carbonyl (C=O) groups is 1. The van der Waals surface area contributed by atoms with Crippen LogP contribution in [0, 0.1) is 10.1 Å². The molecule has 20 heavy (non-hydrogen) atoms. The minimum atomic E-state index is -0.554. The van der Waals surface area contributed by atoms with E-state index in [4.69, 9.17) is 23.2 Å². The van der Waals surface area contributed by atoms with Crippen molar-refractivity contribution in [3.63, 3.8) is 0 Å². The van der Waals surface area contributed by atoms with Gasteiger partial charge in [-0.25, -0.2) is 0 Å². The molecule has 1 rings (SSSR count). The maximum absolute atomic E-state index is 11.4. The molecule has 0 aliphatic rings. The van der Waals surface area contributed by atoms with Crippen molar-refractivity contribution in [3.05, 3.63) is 32.3 Å². The van der Waals surface area contributed by atoms with E-state index >= 15 is 0 Å². The fourth-order valence-corrected chi connectivity index (χ4v) is 1.81. The van der Waals surface area contributed by atoms with E-state index in [-0.39, 0.29) is 40.3 Å². The monoisotopic (exact) mass is 319 g/mol. The Kier molecular flexibility index (Phi) is 6.54. The Bertz CT molecular complexity index is 509. The van der Waals surface area contributed by atoms with E-state index in [1.165, 1.54) is 12.1 Å². The third-order valence-electron chi connectivity index (χ3n) is 2.47. The molecule has 6 nitrogen and oxygen atoms in total. The largest absolute Gasteiger partial charge is 0.379 e. The molecular weight excluding hydrogens is 305 g/mol. The lowest BCUT2D eigenvalue weighted by Crippen LogP contribution is -2.25. The predicted molar refractivity (Wildman–Crippen MR) is 79.5 cm³/mol. The summed E-state index contributed by atoms with van der Waals surface area (Å²) in [7, 11) is 0. The first-order chi connectivity index (χ1) is 9.45. The minimum absolute atomic E-state index is 0.109. The maximum Gasteiger partial charge on any atom is 0.293 e. The fraction of sp³-hybridized carbons (Fsp3) is 0.417. The van der Waals surface area contributed by atoms with E-state index in [9.17, 15) is 14.9 Å². The number of nitro groups is 1. The fourth-order valence-electron chi connectivity index (χ4n) is 1.49. The highest BCUT2D eigenvalue weighted by Gasteiger charge is 2.16. The van der Waals surface area contributed by atoms with Crippen LogP contribution in [0.4, 0.5) is 11.4 Å². The molecule has 0 saturated carbocycles. The molecule has 0 atom stereocenters. The number of hydrogen-bond donors (Lipinski definition) is 2. The van der Waals surface area contributed by atoms with Crippen LogP contribution in [0.25, 0.3) is 0 Å². The van der Waals surface area contributed by atoms with Gasteiger partial charge in [-0.1, -0.05) is 30.1 Å². The van der Waals surface area contributed by atoms with Crippen LogP contribution in [-0.2, 0) is 4.79 Å². The second-order valence-corrected chi connectivity index (χ2v) is 4.88. The Hall–Kier alpha value is -1.53. The molecule has 2 N–H and O–H groups in total. The number of nitro benzene ring substituents is 1. The average Bonchev–Trinajstić information content (AvgIpc) is 2.39. The Balaban J connectivity index is 2.65. The zero-order valence-electron chi connectivity index (χ0n) is 10.9. The van der Waals surface area contributed by atoms with Crippen LogP contribution in [-0.4, -0.2) is 23.9 Å². The molecule has 110 valence electrons. The van der Waals surface area contributed by atoms with Gasteiger partial charge in [-0.15, -0.1) is 0 Å². The number of carbonyl (C=O) groups excluding carboxylic acids is 1. The molecule has 0 fully saturated rings. The lowest BCUT2D eigenvalue weighted by molar-refractivity contribution is -0.383. The summed E-state index contributed by atoms with van der Waals surface area (Å²) in [5.74, 6) is -0.109. The second-order valence-electron chi connectivity index (χ2n) is 4.07. The first-order valence-corrected chi connectivity index (χ1v) is 6.85. The van der Waals surface area contributed by atoms with Crippen LogP contribution in [0.15, 0.2) is 12.1 Å². The summed E-state index contributed by atoms with van der Waals surface area (Å²) in [4.78, 5) is 21.8. The summed E-state index contributed by atoms with van der Waals surface area (Å²) in [5.41, 5.74) is 0.0704. The third-order valence-corrected chi connectivity index (χ3v) is 3.20. The van der Waals surface area contributed by atoms with Crippen molar-refractivity contribution in [1.29, 1.82) is 0 Å². The Labute approximate surface area is 126 Å². The smallest absolute Gasteiger partial charge is 0.293 e. The van der Waals surface area contributed by atoms with Crippen LogP contribution in [0.3, 0.4) is 0 Å². The van der Waals surface area contributed by atoms with Gasteiger partial charge < -0.3 is 10.6 Å². The van der Waals surface area contributed by atoms with Crippen molar-refractivity contribution < 1.29 is 9.72 Å². The summed E-state index contributed by atoms with van der Waals surface area (Å²) >= 11 is 11.6. The molecule has 0 aliphatic carbocycles. The van der Waals surface area contributed by atoms with Crippen molar-refractivity contribution in [2.75, 3.05) is 18.4 Å². The van der Waals surface area contributed by atoms with Gasteiger partial charge in [-0.05, 0) is 12.5 Å². The molecule has 1 aromatic rings. The van der Waals surface area contributed by atoms with Gasteiger partial charge in [-0.3, -0.25) is 14.9 Å². The molecule has 1 amide bonds. The Morgan fingerprint density at radius 2 is 1.95 bits per heavy atom. The summed E-state index contributed by atoms with van der Waals surface area (Å²) in [5, 5.41) is 16.8. The van der Waals surface area contributed by atoms with E-state index in [1.807, 2.05) is 6.92 Å². The molecule has 0 unspecified atom stereocenters. The van der Waals surface area contributed by atoms with E-state index in [0.29, 0.717) is 6.54 Å². The zero-order valence-corrected chi connectivity index (χ0v) is 12.4. The number of nitrogens with one attached hydrogen (secondary N) is 2. The summed E-state index contributed by atoms with van der Waals surface area (Å²) < 4.78 is 0. The van der Waals surface area contributed by atoms with E-state index in [1.54, 1.807) is 0 Å². The highest BCUT2D eigenvalue weighted by atomic mass is 35.5. The minimum Gasteiger partial charge on any atom is -0.379 e. The van der Waals surface area contributed by atoms with Crippen molar-refractivity contribution >= 4 is 40.5 Å². The average molecular weight is 320 g/mol. The summed E-state index contributed by atoms with van der Waals surface area (Å²) in [6, 6.07) is 2.56. The van der Waals surface area contributed by atoms with Crippen molar-refractivity contribution in [2.45, 2.75) is 19.8 Å². The number of rotatable bonds is 7. The van der Waals surface area contributed by atoms with Crippen LogP contribution in [0.1, 0.15) is 19.8 Å². The molecule has 0 aliphatic heterocycles. The zero-order chi connectivity index (χ0) is 15.1. The molecule has 8 heteroatoms. The van der Waals surface area contributed by atoms with Crippen molar-refractivity contribution in [1.82, 2.24) is 5.32 Å². The molecule has 0 aromatic heterocycles. The van der Waals surface area contributed by atoms with Crippen LogP contribution >= 0.6 is 23.2 Å². The summed E-state index contributed by atoms with van der Waals surface area (Å²) in [6.45, 7) is 2.84. The SMILES string of the molecule is CCCNC(=O)CCNc1cc(Cl)c(Cl)cc1[N+](=O)[O-]. The van der Waals surface area contributed by atoms with E-state index < -0.39 is 4.92 Å². The van der Waals surface area contributed by atoms with Crippen LogP contribution in [0.2, 0.25) is 10.0 Å². The lowest BCUT2D eigenvalue weighted by atomic mass is 10.2. The Morgan fingerprint density at radius 1 is 1.30 bits per heavy atom. The molecule has 0 spiro atoms. The van der Waals surface area contributed by atoms with Crippen LogP contribution < -0.4 is 10.6 Å². The van der Waals surface area contributed by atoms with Gasteiger partial charge in [0.2, 0.25) is 5.91 Å². The maximum atomic E-state index is 11.4. The molecule has 0 radical (unpaired) electrons. The van der Waals surface area contributed by atoms with Crippen molar-refractivity contribution in [2.24, 2.45) is 0 Å². The summed E-state index contributed by atoms with van der Waals surface area (Å²) in [6.07, 6.45) is 1.08. The second kappa shape index (κ2) is 7.91. The highest BCUT2D eigenvalue weighted by molar-refractivity contribution is 6.42. The molecule has 0 saturated heterocycles. The van der Waals surface area contributed by atoms with Gasteiger partial charge >= 0.3 is 0 Å². The molecule has 1 aromatic carbocycles. The van der Waals surface area contributed by atoms with Gasteiger partial charge in [0.1, 0.15) is 5.69 Å². The number of nitrogens with zero attached hydrogens (tertiary/aromatic N) is 1. The first-order valence-electron chi connectivity index (χ1n) is 6.09. The molecular formula is C12H15Cl2N3O3. The molecule has 0 bridgehead atoms. The quantitative estimate of drug-likeness (QED) is 0.597. The first kappa shape index (κ1) is 16.5. The number of amides is 1. The van der Waals surface area contributed by atoms with Gasteiger partial charge in [0.25, 0.3) is 5.69 Å². The van der Waals surface area contributed by atoms with Gasteiger partial charge in [0, 0.05) is 25.6 Å². The van der Waals surface area contributed by atoms with Crippen molar-refractivity contribution in [3.8, 4) is 0 Å². The number of halogens is 2. The Morgan fingerprint density at radius 3 is 2.55 bits per heavy atom. The normalized spacial score (nSPS) is 10.2. The van der Waals surface area contributed by atoms with E-state index in [2.05, 4.69) is 10.6 Å². The topological polar surface area (TPSA) is 84.3 Å². The van der Waals surface area contributed by atoms with E-state index in [0.717, 1.165) is 6.42 Å². The van der Waals surface area contributed by atoms with Gasteiger partial charge in [0.15, 0.2) is 0 Å². The van der Waals surface area contributed by atoms with Gasteiger partial charge in [-0.2, -0.15) is 0 Å². The lowest BCUT2D eigenvalue weighted by Gasteiger charge is -2.08. The number of hydrogen-bond acceptors (Lipinski definition) is 4. The third kappa shape index (κ3) is 4.86. The number of benzene rings is 1. The van der Waals surface area contributed by atoms with Crippen LogP contribution in [0.5, 0.6) is 0 Å². The standard InChI is InChI=1S/C12H15Cl2N3O3/c1-2-4-16-12(18)3-5-15-10-6-8(13)9(14)7-11(10)17(19)20/h6-7,15H,2-5H2,1H3,(H,16,18). The highest BCUT2D eigenvalue weighted by Crippen LogP contribution is 2.33. The number of anilines is 1. The van der Waals surface area contributed by atoms with Gasteiger partial charge in [0.05, 0.1) is 15.0 Å². The predicted octanol–water partition coefficient (Wildman–Crippen LogP) is 3.23.